The van der Waals surface area contributed by atoms with Gasteiger partial charge in [0.05, 0.1) is 9.21 Å². The smallest absolute Gasteiger partial charge is 0.261 e. The molecule has 1 aliphatic carbocycles. The first-order chi connectivity index (χ1) is 6.09. The summed E-state index contributed by atoms with van der Waals surface area (Å²) >= 11 is 7.05. The summed E-state index contributed by atoms with van der Waals surface area (Å²) in [6, 6.07) is 3.50. The first-order valence-electron chi connectivity index (χ1n) is 4.17. The zero-order valence-electron chi connectivity index (χ0n) is 7.26. The Balaban J connectivity index is 2.05. The fourth-order valence-electron chi connectivity index (χ4n) is 1.08. The van der Waals surface area contributed by atoms with Gasteiger partial charge in [0.15, 0.2) is 0 Å². The SMILES string of the molecule is CC1(NC(=O)c2ccc(Cl)s2)CC1. The minimum absolute atomic E-state index is 0.00287. The van der Waals surface area contributed by atoms with E-state index in [1.807, 2.05) is 0 Å². The van der Waals surface area contributed by atoms with Gasteiger partial charge >= 0.3 is 0 Å². The molecule has 1 aliphatic rings. The second kappa shape index (κ2) is 3.00. The fraction of sp³-hybridized carbons (Fsp3) is 0.444. The van der Waals surface area contributed by atoms with Gasteiger partial charge in [-0.1, -0.05) is 11.6 Å². The summed E-state index contributed by atoms with van der Waals surface area (Å²) < 4.78 is 0.658. The van der Waals surface area contributed by atoms with Crippen LogP contribution in [-0.4, -0.2) is 11.4 Å². The summed E-state index contributed by atoms with van der Waals surface area (Å²) in [4.78, 5) is 12.2. The molecule has 1 N–H and O–H groups in total. The van der Waals surface area contributed by atoms with Crippen molar-refractivity contribution >= 4 is 28.8 Å². The van der Waals surface area contributed by atoms with Crippen molar-refractivity contribution in [2.24, 2.45) is 0 Å². The quantitative estimate of drug-likeness (QED) is 0.808. The molecule has 0 spiro atoms. The topological polar surface area (TPSA) is 29.1 Å². The molecule has 2 rings (SSSR count). The minimum Gasteiger partial charge on any atom is -0.346 e. The van der Waals surface area contributed by atoms with E-state index >= 15 is 0 Å². The zero-order valence-corrected chi connectivity index (χ0v) is 8.84. The van der Waals surface area contributed by atoms with Gasteiger partial charge in [0.2, 0.25) is 0 Å². The van der Waals surface area contributed by atoms with Crippen LogP contribution in [0.1, 0.15) is 29.4 Å². The molecule has 1 amide bonds. The Kier molecular flexibility index (Phi) is 2.08. The number of nitrogens with one attached hydrogen (secondary N) is 1. The minimum atomic E-state index is -0.00287. The van der Waals surface area contributed by atoms with Crippen LogP contribution in [0.2, 0.25) is 4.34 Å². The number of carbonyl (C=O) groups excluding carboxylic acids is 1. The van der Waals surface area contributed by atoms with Crippen molar-refractivity contribution in [1.82, 2.24) is 5.32 Å². The van der Waals surface area contributed by atoms with E-state index in [2.05, 4.69) is 12.2 Å². The van der Waals surface area contributed by atoms with Crippen LogP contribution in [0.3, 0.4) is 0 Å². The average molecular weight is 216 g/mol. The molecule has 0 aliphatic heterocycles. The highest BCUT2D eigenvalue weighted by Crippen LogP contribution is 2.35. The van der Waals surface area contributed by atoms with Gasteiger partial charge in [0, 0.05) is 5.54 Å². The van der Waals surface area contributed by atoms with E-state index in [4.69, 9.17) is 11.6 Å². The molecule has 1 aromatic rings. The van der Waals surface area contributed by atoms with E-state index in [1.165, 1.54) is 11.3 Å². The molecule has 1 fully saturated rings. The molecule has 0 aromatic carbocycles. The van der Waals surface area contributed by atoms with Gasteiger partial charge in [-0.25, -0.2) is 0 Å². The third-order valence-electron chi connectivity index (χ3n) is 2.21. The average Bonchev–Trinajstić information content (AvgIpc) is 2.62. The maximum Gasteiger partial charge on any atom is 0.261 e. The Morgan fingerprint density at radius 3 is 2.77 bits per heavy atom. The van der Waals surface area contributed by atoms with Gasteiger partial charge in [0.1, 0.15) is 0 Å². The van der Waals surface area contributed by atoms with Crippen LogP contribution in [0.5, 0.6) is 0 Å². The lowest BCUT2D eigenvalue weighted by Crippen LogP contribution is -2.33. The van der Waals surface area contributed by atoms with Crippen molar-refractivity contribution < 1.29 is 4.79 Å². The van der Waals surface area contributed by atoms with Crippen LogP contribution in [0.4, 0.5) is 0 Å². The van der Waals surface area contributed by atoms with Gasteiger partial charge in [0.25, 0.3) is 5.91 Å². The van der Waals surface area contributed by atoms with Crippen molar-refractivity contribution in [3.63, 3.8) is 0 Å². The predicted molar refractivity (Wildman–Crippen MR) is 54.4 cm³/mol. The Morgan fingerprint density at radius 1 is 1.62 bits per heavy atom. The summed E-state index contributed by atoms with van der Waals surface area (Å²) in [6.07, 6.45) is 2.16. The van der Waals surface area contributed by atoms with Gasteiger partial charge in [-0.2, -0.15) is 0 Å². The van der Waals surface area contributed by atoms with Crippen molar-refractivity contribution in [3.05, 3.63) is 21.3 Å². The Morgan fingerprint density at radius 2 is 2.31 bits per heavy atom. The highest BCUT2D eigenvalue weighted by molar-refractivity contribution is 7.18. The molecule has 70 valence electrons. The van der Waals surface area contributed by atoms with Crippen LogP contribution in [0.25, 0.3) is 0 Å². The summed E-state index contributed by atoms with van der Waals surface area (Å²) in [5.41, 5.74) is 0.0492. The second-order valence-corrected chi connectivity index (χ2v) is 5.33. The van der Waals surface area contributed by atoms with Crippen LogP contribution >= 0.6 is 22.9 Å². The van der Waals surface area contributed by atoms with Gasteiger partial charge in [-0.15, -0.1) is 11.3 Å². The Labute approximate surface area is 85.9 Å². The number of halogens is 1. The lowest BCUT2D eigenvalue weighted by atomic mass is 10.3. The monoisotopic (exact) mass is 215 g/mol. The molecule has 4 heteroatoms. The summed E-state index contributed by atoms with van der Waals surface area (Å²) in [6.45, 7) is 2.06. The number of carbonyl (C=O) groups is 1. The highest BCUT2D eigenvalue weighted by Gasteiger charge is 2.38. The number of hydrogen-bond donors (Lipinski definition) is 1. The number of thiophene rings is 1. The lowest BCUT2D eigenvalue weighted by Gasteiger charge is -2.09. The van der Waals surface area contributed by atoms with Gasteiger partial charge in [-0.05, 0) is 31.9 Å². The third kappa shape index (κ3) is 2.03. The van der Waals surface area contributed by atoms with E-state index < -0.39 is 0 Å². The van der Waals surface area contributed by atoms with Crippen molar-refractivity contribution in [1.29, 1.82) is 0 Å². The first-order valence-corrected chi connectivity index (χ1v) is 5.36. The maximum absolute atomic E-state index is 11.6. The predicted octanol–water partition coefficient (Wildman–Crippen LogP) is 2.68. The standard InChI is InChI=1S/C9H10ClNOS/c1-9(4-5-9)11-8(12)6-2-3-7(10)13-6/h2-3H,4-5H2,1H3,(H,11,12). The molecule has 0 atom stereocenters. The second-order valence-electron chi connectivity index (χ2n) is 3.62. The van der Waals surface area contributed by atoms with Crippen molar-refractivity contribution in [2.45, 2.75) is 25.3 Å². The zero-order chi connectivity index (χ0) is 9.47. The molecule has 1 aromatic heterocycles. The van der Waals surface area contributed by atoms with E-state index in [0.717, 1.165) is 12.8 Å². The van der Waals surface area contributed by atoms with E-state index in [1.54, 1.807) is 12.1 Å². The molecule has 0 bridgehead atoms. The summed E-state index contributed by atoms with van der Waals surface area (Å²) in [5, 5.41) is 2.97. The van der Waals surface area contributed by atoms with Crippen LogP contribution in [0, 0.1) is 0 Å². The maximum atomic E-state index is 11.6. The number of amides is 1. The van der Waals surface area contributed by atoms with E-state index in [9.17, 15) is 4.79 Å². The van der Waals surface area contributed by atoms with Crippen LogP contribution in [-0.2, 0) is 0 Å². The Bertz CT molecular complexity index is 343. The number of hydrogen-bond acceptors (Lipinski definition) is 2. The van der Waals surface area contributed by atoms with Crippen LogP contribution < -0.4 is 5.32 Å². The lowest BCUT2D eigenvalue weighted by molar-refractivity contribution is 0.0939. The van der Waals surface area contributed by atoms with Crippen LogP contribution in [0.15, 0.2) is 12.1 Å². The van der Waals surface area contributed by atoms with E-state index in [-0.39, 0.29) is 11.4 Å². The Hall–Kier alpha value is -0.540. The fourth-order valence-corrected chi connectivity index (χ4v) is 2.02. The van der Waals surface area contributed by atoms with Gasteiger partial charge < -0.3 is 5.32 Å². The molecular formula is C9H10ClNOS. The van der Waals surface area contributed by atoms with Gasteiger partial charge in [-0.3, -0.25) is 4.79 Å². The summed E-state index contributed by atoms with van der Waals surface area (Å²) in [5.74, 6) is -0.00287. The molecule has 1 heterocycles. The van der Waals surface area contributed by atoms with Crippen molar-refractivity contribution in [3.8, 4) is 0 Å². The van der Waals surface area contributed by atoms with Crippen molar-refractivity contribution in [2.75, 3.05) is 0 Å². The molecule has 13 heavy (non-hydrogen) atoms. The molecular weight excluding hydrogens is 206 g/mol. The molecule has 0 saturated heterocycles. The third-order valence-corrected chi connectivity index (χ3v) is 3.44. The molecule has 1 saturated carbocycles. The largest absolute Gasteiger partial charge is 0.346 e. The summed E-state index contributed by atoms with van der Waals surface area (Å²) in [7, 11) is 0. The van der Waals surface area contributed by atoms with E-state index in [0.29, 0.717) is 9.21 Å². The molecule has 2 nitrogen and oxygen atoms in total. The number of rotatable bonds is 2. The highest BCUT2D eigenvalue weighted by atomic mass is 35.5. The molecule has 0 unspecified atom stereocenters. The molecule has 0 radical (unpaired) electrons. The first kappa shape index (κ1) is 9.03. The normalized spacial score (nSPS) is 18.3.